The van der Waals surface area contributed by atoms with E-state index in [4.69, 9.17) is 0 Å². The van der Waals surface area contributed by atoms with Crippen LogP contribution in [0.5, 0.6) is 0 Å². The van der Waals surface area contributed by atoms with Gasteiger partial charge in [0, 0.05) is 0 Å². The number of rotatable bonds is 2. The fourth-order valence-electron chi connectivity index (χ4n) is 4.88. The van der Waals surface area contributed by atoms with Gasteiger partial charge in [-0.1, -0.05) is 115 Å². The number of benzene rings is 6. The lowest BCUT2D eigenvalue weighted by Gasteiger charge is -2.18. The van der Waals surface area contributed by atoms with Crippen LogP contribution in [-0.2, 0) is 0 Å². The summed E-state index contributed by atoms with van der Waals surface area (Å²) in [6.07, 6.45) is 0. The van der Waals surface area contributed by atoms with E-state index >= 15 is 0 Å². The van der Waals surface area contributed by atoms with Crippen molar-refractivity contribution in [3.8, 4) is 22.3 Å². The first-order chi connectivity index (χ1) is 15.3. The van der Waals surface area contributed by atoms with E-state index < -0.39 is 0 Å². The van der Waals surface area contributed by atoms with Gasteiger partial charge in [0.05, 0.1) is 0 Å². The second kappa shape index (κ2) is 7.11. The van der Waals surface area contributed by atoms with Gasteiger partial charge in [0.25, 0.3) is 0 Å². The summed E-state index contributed by atoms with van der Waals surface area (Å²) in [6, 6.07) is 42.0. The molecule has 31 heavy (non-hydrogen) atoms. The van der Waals surface area contributed by atoms with Crippen LogP contribution in [0.3, 0.4) is 0 Å². The third-order valence-corrected chi connectivity index (χ3v) is 6.28. The van der Waals surface area contributed by atoms with Crippen LogP contribution in [0, 0.1) is 6.92 Å². The molecule has 0 saturated heterocycles. The van der Waals surface area contributed by atoms with Gasteiger partial charge in [0.2, 0.25) is 0 Å². The molecule has 0 N–H and O–H groups in total. The third kappa shape index (κ3) is 2.92. The van der Waals surface area contributed by atoms with Crippen LogP contribution in [0.4, 0.5) is 0 Å². The molecule has 0 amide bonds. The molecule has 0 bridgehead atoms. The average molecular weight is 395 g/mol. The number of fused-ring (bicyclic) bond motifs is 3. The fraction of sp³-hybridized carbons (Fsp3) is 0.0323. The maximum absolute atomic E-state index is 2.34. The smallest absolute Gasteiger partial charge is 0.00262 e. The molecular formula is C31H22. The van der Waals surface area contributed by atoms with E-state index in [1.54, 1.807) is 0 Å². The van der Waals surface area contributed by atoms with Crippen molar-refractivity contribution in [2.24, 2.45) is 0 Å². The SMILES string of the molecule is Cc1ccc2cc(-c3c4ccccc4c(-c4ccccc4)c4ccccc34)ccc2c1. The molecule has 0 radical (unpaired) electrons. The van der Waals surface area contributed by atoms with E-state index in [-0.39, 0.29) is 0 Å². The van der Waals surface area contributed by atoms with Gasteiger partial charge in [-0.15, -0.1) is 0 Å². The number of hydrogen-bond donors (Lipinski definition) is 0. The molecule has 0 aliphatic rings. The topological polar surface area (TPSA) is 0 Å². The molecule has 0 aliphatic carbocycles. The zero-order valence-corrected chi connectivity index (χ0v) is 17.5. The second-order valence-corrected chi connectivity index (χ2v) is 8.27. The van der Waals surface area contributed by atoms with Crippen molar-refractivity contribution in [2.45, 2.75) is 6.92 Å². The quantitative estimate of drug-likeness (QED) is 0.257. The highest BCUT2D eigenvalue weighted by Crippen LogP contribution is 2.43. The summed E-state index contributed by atoms with van der Waals surface area (Å²) in [6.45, 7) is 2.15. The maximum Gasteiger partial charge on any atom is -0.00262 e. The molecule has 0 aliphatic heterocycles. The Hall–Kier alpha value is -3.90. The van der Waals surface area contributed by atoms with E-state index in [1.807, 2.05) is 0 Å². The Labute approximate surface area is 182 Å². The first kappa shape index (κ1) is 17.9. The molecule has 0 heteroatoms. The van der Waals surface area contributed by atoms with Crippen LogP contribution in [0.1, 0.15) is 5.56 Å². The standard InChI is InChI=1S/C31H22/c1-21-15-16-24-20-25(18-17-23(24)19-21)31-28-13-7-5-11-26(28)30(22-9-3-2-4-10-22)27-12-6-8-14-29(27)31/h2-20H,1H3. The van der Waals surface area contributed by atoms with E-state index in [9.17, 15) is 0 Å². The minimum atomic E-state index is 1.26. The lowest BCUT2D eigenvalue weighted by molar-refractivity contribution is 1.51. The summed E-state index contributed by atoms with van der Waals surface area (Å²) in [7, 11) is 0. The highest BCUT2D eigenvalue weighted by molar-refractivity contribution is 6.21. The molecular weight excluding hydrogens is 372 g/mol. The van der Waals surface area contributed by atoms with Crippen LogP contribution in [0.15, 0.2) is 115 Å². The largest absolute Gasteiger partial charge is 0.0622 e. The molecule has 0 aromatic heterocycles. The Balaban J connectivity index is 1.76. The minimum Gasteiger partial charge on any atom is -0.0622 e. The normalized spacial score (nSPS) is 11.4. The van der Waals surface area contributed by atoms with Crippen LogP contribution in [0.25, 0.3) is 54.6 Å². The Morgan fingerprint density at radius 2 is 0.871 bits per heavy atom. The molecule has 6 aromatic rings. The van der Waals surface area contributed by atoms with Crippen molar-refractivity contribution in [2.75, 3.05) is 0 Å². The summed E-state index contributed by atoms with van der Waals surface area (Å²) in [5.41, 5.74) is 6.45. The molecule has 6 rings (SSSR count). The Kier molecular flexibility index (Phi) is 4.11. The van der Waals surface area contributed by atoms with E-state index in [2.05, 4.69) is 122 Å². The molecule has 0 saturated carbocycles. The molecule has 0 nitrogen and oxygen atoms in total. The summed E-state index contributed by atoms with van der Waals surface area (Å²) >= 11 is 0. The number of hydrogen-bond acceptors (Lipinski definition) is 0. The maximum atomic E-state index is 2.34. The van der Waals surface area contributed by atoms with Gasteiger partial charge in [-0.3, -0.25) is 0 Å². The van der Waals surface area contributed by atoms with Gasteiger partial charge in [0.15, 0.2) is 0 Å². The summed E-state index contributed by atoms with van der Waals surface area (Å²) in [5, 5.41) is 7.76. The van der Waals surface area contributed by atoms with Crippen molar-refractivity contribution in [1.82, 2.24) is 0 Å². The van der Waals surface area contributed by atoms with Gasteiger partial charge in [-0.25, -0.2) is 0 Å². The molecule has 0 fully saturated rings. The molecule has 146 valence electrons. The van der Waals surface area contributed by atoms with Gasteiger partial charge in [-0.05, 0) is 67.6 Å². The zero-order valence-electron chi connectivity index (χ0n) is 17.5. The van der Waals surface area contributed by atoms with Gasteiger partial charge in [-0.2, -0.15) is 0 Å². The summed E-state index contributed by atoms with van der Waals surface area (Å²) in [4.78, 5) is 0. The van der Waals surface area contributed by atoms with Gasteiger partial charge in [0.1, 0.15) is 0 Å². The van der Waals surface area contributed by atoms with Crippen molar-refractivity contribution in [3.63, 3.8) is 0 Å². The third-order valence-electron chi connectivity index (χ3n) is 6.28. The van der Waals surface area contributed by atoms with Crippen LogP contribution >= 0.6 is 0 Å². The van der Waals surface area contributed by atoms with Gasteiger partial charge < -0.3 is 0 Å². The monoisotopic (exact) mass is 394 g/mol. The van der Waals surface area contributed by atoms with Crippen molar-refractivity contribution < 1.29 is 0 Å². The first-order valence-electron chi connectivity index (χ1n) is 10.8. The van der Waals surface area contributed by atoms with E-state index in [1.165, 1.54) is 60.1 Å². The lowest BCUT2D eigenvalue weighted by atomic mass is 9.85. The minimum absolute atomic E-state index is 1.26. The Bertz CT molecular complexity index is 1520. The van der Waals surface area contributed by atoms with Crippen LogP contribution < -0.4 is 0 Å². The van der Waals surface area contributed by atoms with E-state index in [0.717, 1.165) is 0 Å². The fourth-order valence-corrected chi connectivity index (χ4v) is 4.88. The molecule has 0 spiro atoms. The van der Waals surface area contributed by atoms with Crippen LogP contribution in [0.2, 0.25) is 0 Å². The van der Waals surface area contributed by atoms with E-state index in [0.29, 0.717) is 0 Å². The summed E-state index contributed by atoms with van der Waals surface area (Å²) < 4.78 is 0. The Morgan fingerprint density at radius 1 is 0.387 bits per heavy atom. The van der Waals surface area contributed by atoms with Gasteiger partial charge >= 0.3 is 0 Å². The summed E-state index contributed by atoms with van der Waals surface area (Å²) in [5.74, 6) is 0. The molecule has 0 atom stereocenters. The lowest BCUT2D eigenvalue weighted by Crippen LogP contribution is -1.90. The highest BCUT2D eigenvalue weighted by atomic mass is 14.2. The number of aryl methyl sites for hydroxylation is 1. The average Bonchev–Trinajstić information content (AvgIpc) is 2.82. The first-order valence-corrected chi connectivity index (χ1v) is 10.8. The zero-order chi connectivity index (χ0) is 20.8. The van der Waals surface area contributed by atoms with Crippen molar-refractivity contribution in [3.05, 3.63) is 121 Å². The Morgan fingerprint density at radius 3 is 1.48 bits per heavy atom. The predicted molar refractivity (Wildman–Crippen MR) is 135 cm³/mol. The highest BCUT2D eigenvalue weighted by Gasteiger charge is 2.16. The predicted octanol–water partition coefficient (Wildman–Crippen LogP) is 8.79. The van der Waals surface area contributed by atoms with Crippen molar-refractivity contribution in [1.29, 1.82) is 0 Å². The second-order valence-electron chi connectivity index (χ2n) is 8.27. The van der Waals surface area contributed by atoms with Crippen molar-refractivity contribution >= 4 is 32.3 Å². The molecule has 0 heterocycles. The molecule has 0 unspecified atom stereocenters. The van der Waals surface area contributed by atoms with Crippen LogP contribution in [-0.4, -0.2) is 0 Å². The molecule has 6 aromatic carbocycles.